The first-order valence-corrected chi connectivity index (χ1v) is 7.34. The number of nitrogens with one attached hydrogen (secondary N) is 1. The number of hydrogen-bond donors (Lipinski definition) is 3. The Morgan fingerprint density at radius 1 is 1.35 bits per heavy atom. The van der Waals surface area contributed by atoms with E-state index in [4.69, 9.17) is 9.66 Å². The van der Waals surface area contributed by atoms with E-state index in [2.05, 4.69) is 5.32 Å². The topological polar surface area (TPSA) is 86.6 Å². The normalized spacial score (nSPS) is 21.1. The number of aliphatic hydroxyl groups excluding tert-OH is 1. The molecule has 8 heteroatoms. The quantitative estimate of drug-likeness (QED) is 0.715. The van der Waals surface area contributed by atoms with Crippen LogP contribution in [0.3, 0.4) is 0 Å². The van der Waals surface area contributed by atoms with E-state index in [0.717, 1.165) is 5.56 Å². The summed E-state index contributed by atoms with van der Waals surface area (Å²) < 4.78 is 54.0. The van der Waals surface area contributed by atoms with E-state index in [9.17, 15) is 17.2 Å². The summed E-state index contributed by atoms with van der Waals surface area (Å²) in [5.74, 6) is -2.60. The Bertz CT molecular complexity index is 531. The molecular formula is C12H17F2NO4S. The fraction of sp³-hybridized carbons (Fsp3) is 0.500. The summed E-state index contributed by atoms with van der Waals surface area (Å²) in [5.41, 5.74) is 0.956. The summed E-state index contributed by atoms with van der Waals surface area (Å²) >= 11 is 0. The van der Waals surface area contributed by atoms with Crippen LogP contribution in [0.15, 0.2) is 29.2 Å². The van der Waals surface area contributed by atoms with E-state index >= 15 is 0 Å². The van der Waals surface area contributed by atoms with Crippen LogP contribution in [0.25, 0.3) is 0 Å². The molecular weight excluding hydrogens is 292 g/mol. The van der Waals surface area contributed by atoms with Crippen LogP contribution in [0.4, 0.5) is 8.78 Å². The van der Waals surface area contributed by atoms with Gasteiger partial charge in [-0.25, -0.2) is 8.78 Å². The molecule has 1 fully saturated rings. The van der Waals surface area contributed by atoms with E-state index in [1.165, 1.54) is 12.1 Å². The number of hydrogen-bond acceptors (Lipinski definition) is 4. The van der Waals surface area contributed by atoms with Crippen LogP contribution >= 0.6 is 0 Å². The Hall–Kier alpha value is -1.09. The van der Waals surface area contributed by atoms with Gasteiger partial charge in [0.15, 0.2) is 0 Å². The van der Waals surface area contributed by atoms with Crippen molar-refractivity contribution < 1.29 is 26.9 Å². The summed E-state index contributed by atoms with van der Waals surface area (Å²) in [6, 6.07) is 5.58. The summed E-state index contributed by atoms with van der Waals surface area (Å²) in [5, 5.41) is 10.9. The van der Waals surface area contributed by atoms with Crippen LogP contribution in [0.2, 0.25) is 0 Å². The van der Waals surface area contributed by atoms with Gasteiger partial charge >= 0.3 is 0 Å². The monoisotopic (exact) mass is 309 g/mol. The number of aliphatic hydroxyl groups is 1. The predicted octanol–water partition coefficient (Wildman–Crippen LogP) is 1.22. The van der Waals surface area contributed by atoms with E-state index < -0.39 is 22.1 Å². The molecule has 20 heavy (non-hydrogen) atoms. The van der Waals surface area contributed by atoms with Gasteiger partial charge in [-0.1, -0.05) is 17.7 Å². The zero-order valence-corrected chi connectivity index (χ0v) is 11.7. The van der Waals surface area contributed by atoms with Crippen molar-refractivity contribution in [3.05, 3.63) is 29.8 Å². The smallest absolute Gasteiger partial charge is 0.294 e. The molecule has 1 aliphatic rings. The molecule has 0 unspecified atom stereocenters. The molecule has 5 nitrogen and oxygen atoms in total. The van der Waals surface area contributed by atoms with Crippen LogP contribution < -0.4 is 5.32 Å². The number of rotatable bonds is 2. The van der Waals surface area contributed by atoms with Gasteiger partial charge in [-0.15, -0.1) is 0 Å². The molecule has 0 spiro atoms. The van der Waals surface area contributed by atoms with Gasteiger partial charge in [0, 0.05) is 12.5 Å². The maximum Gasteiger partial charge on any atom is 0.294 e. The van der Waals surface area contributed by atoms with E-state index in [1.807, 2.05) is 6.92 Å². The first-order valence-electron chi connectivity index (χ1n) is 5.90. The second kappa shape index (κ2) is 6.57. The Morgan fingerprint density at radius 2 is 1.90 bits per heavy atom. The Morgan fingerprint density at radius 3 is 2.20 bits per heavy atom. The van der Waals surface area contributed by atoms with Gasteiger partial charge in [-0.3, -0.25) is 4.55 Å². The summed E-state index contributed by atoms with van der Waals surface area (Å²) in [7, 11) is -4.02. The predicted molar refractivity (Wildman–Crippen MR) is 69.4 cm³/mol. The summed E-state index contributed by atoms with van der Waals surface area (Å²) in [4.78, 5) is -0.0666. The van der Waals surface area contributed by atoms with Crippen molar-refractivity contribution in [3.63, 3.8) is 0 Å². The Kier molecular flexibility index (Phi) is 5.58. The highest BCUT2D eigenvalue weighted by molar-refractivity contribution is 7.85. The summed E-state index contributed by atoms with van der Waals surface area (Å²) in [6.45, 7) is 1.35. The first-order chi connectivity index (χ1) is 9.14. The average molecular weight is 309 g/mol. The van der Waals surface area contributed by atoms with Crippen molar-refractivity contribution in [2.75, 3.05) is 13.2 Å². The molecule has 1 atom stereocenters. The molecule has 0 saturated carbocycles. The summed E-state index contributed by atoms with van der Waals surface area (Å²) in [6.07, 6.45) is -0.233. The largest absolute Gasteiger partial charge is 0.395 e. The molecule has 114 valence electrons. The molecule has 2 rings (SSSR count). The molecule has 0 bridgehead atoms. The van der Waals surface area contributed by atoms with Gasteiger partial charge in [-0.2, -0.15) is 8.42 Å². The van der Waals surface area contributed by atoms with E-state index in [0.29, 0.717) is 0 Å². The lowest BCUT2D eigenvalue weighted by Gasteiger charge is -2.04. The maximum atomic E-state index is 12.2. The highest BCUT2D eigenvalue weighted by atomic mass is 32.2. The van der Waals surface area contributed by atoms with Gasteiger partial charge in [0.1, 0.15) is 0 Å². The van der Waals surface area contributed by atoms with Crippen molar-refractivity contribution in [3.8, 4) is 0 Å². The third kappa shape index (κ3) is 5.49. The maximum absolute atomic E-state index is 12.2. The molecule has 1 aromatic rings. The zero-order valence-electron chi connectivity index (χ0n) is 10.9. The second-order valence-electron chi connectivity index (χ2n) is 4.61. The van der Waals surface area contributed by atoms with Gasteiger partial charge in [0.2, 0.25) is 0 Å². The molecule has 1 heterocycles. The highest BCUT2D eigenvalue weighted by Crippen LogP contribution is 2.24. The van der Waals surface area contributed by atoms with Crippen molar-refractivity contribution >= 4 is 10.1 Å². The molecule has 0 radical (unpaired) electrons. The molecule has 1 saturated heterocycles. The van der Waals surface area contributed by atoms with Gasteiger partial charge < -0.3 is 10.4 Å². The number of halogens is 2. The van der Waals surface area contributed by atoms with Gasteiger partial charge in [0.25, 0.3) is 16.0 Å². The second-order valence-corrected chi connectivity index (χ2v) is 6.03. The first kappa shape index (κ1) is 17.0. The standard InChI is InChI=1S/C7H8O3S.C5H9F2NO/c1-6-2-4-7(5-3-6)11(8,9)10;6-5(7)1-4(2-9)8-3-5/h2-5H,1H3,(H,8,9,10);4,8-9H,1-3H2/t;4-/m.1/s1. The lowest BCUT2D eigenvalue weighted by Crippen LogP contribution is -2.25. The number of alkyl halides is 2. The number of aryl methyl sites for hydroxylation is 1. The lowest BCUT2D eigenvalue weighted by molar-refractivity contribution is 0.0192. The molecule has 0 aliphatic carbocycles. The Balaban J connectivity index is 0.000000204. The van der Waals surface area contributed by atoms with E-state index in [-0.39, 0.29) is 24.5 Å². The molecule has 0 amide bonds. The molecule has 1 aliphatic heterocycles. The zero-order chi connectivity index (χ0) is 15.4. The fourth-order valence-electron chi connectivity index (χ4n) is 1.64. The minimum atomic E-state index is -4.02. The van der Waals surface area contributed by atoms with Crippen LogP contribution in [-0.2, 0) is 10.1 Å². The van der Waals surface area contributed by atoms with Gasteiger partial charge in [0.05, 0.1) is 18.0 Å². The number of benzene rings is 1. The SMILES string of the molecule is Cc1ccc(S(=O)(=O)O)cc1.OC[C@H]1CC(F)(F)CN1. The average Bonchev–Trinajstić information content (AvgIpc) is 2.69. The molecule has 0 aromatic heterocycles. The van der Waals surface area contributed by atoms with Gasteiger partial charge in [-0.05, 0) is 19.1 Å². The molecule has 1 aromatic carbocycles. The minimum absolute atomic E-state index is 0.0666. The van der Waals surface area contributed by atoms with Crippen LogP contribution in [0.1, 0.15) is 12.0 Å². The highest BCUT2D eigenvalue weighted by Gasteiger charge is 2.38. The van der Waals surface area contributed by atoms with Crippen LogP contribution in [0.5, 0.6) is 0 Å². The minimum Gasteiger partial charge on any atom is -0.395 e. The lowest BCUT2D eigenvalue weighted by atomic mass is 10.2. The molecule has 3 N–H and O–H groups in total. The van der Waals surface area contributed by atoms with Crippen LogP contribution in [-0.4, -0.2) is 43.2 Å². The van der Waals surface area contributed by atoms with Crippen molar-refractivity contribution in [2.45, 2.75) is 30.2 Å². The van der Waals surface area contributed by atoms with Crippen molar-refractivity contribution in [1.29, 1.82) is 0 Å². The van der Waals surface area contributed by atoms with Crippen molar-refractivity contribution in [2.24, 2.45) is 0 Å². The third-order valence-electron chi connectivity index (χ3n) is 2.73. The third-order valence-corrected chi connectivity index (χ3v) is 3.60. The van der Waals surface area contributed by atoms with Crippen molar-refractivity contribution in [1.82, 2.24) is 5.32 Å². The van der Waals surface area contributed by atoms with E-state index in [1.54, 1.807) is 12.1 Å². The Labute approximate surface area is 116 Å². The van der Waals surface area contributed by atoms with Crippen LogP contribution in [0, 0.1) is 6.92 Å². The fourth-order valence-corrected chi connectivity index (χ4v) is 2.12.